The van der Waals surface area contributed by atoms with E-state index in [-0.39, 0.29) is 24.6 Å². The fraction of sp³-hybridized carbons (Fsp3) is 0.552. The first-order valence-corrected chi connectivity index (χ1v) is 13.5. The molecule has 208 valence electrons. The molecular weight excluding hydrogens is 495 g/mol. The smallest absolute Gasteiger partial charge is 0.416 e. The number of benzene rings is 2. The van der Waals surface area contributed by atoms with Crippen LogP contribution in [0.4, 0.5) is 13.2 Å². The molecule has 2 atom stereocenters. The Bertz CT molecular complexity index is 1090. The van der Waals surface area contributed by atoms with Crippen LogP contribution in [-0.2, 0) is 6.18 Å². The summed E-state index contributed by atoms with van der Waals surface area (Å²) in [5.41, 5.74) is 3.21. The topological polar surface area (TPSA) is 65.0 Å². The third kappa shape index (κ3) is 6.50. The Labute approximate surface area is 222 Å². The van der Waals surface area contributed by atoms with Crippen LogP contribution >= 0.6 is 0 Å². The van der Waals surface area contributed by atoms with Crippen molar-refractivity contribution in [3.05, 3.63) is 64.2 Å². The minimum Gasteiger partial charge on any atom is -0.492 e. The number of nitrogens with zero attached hydrogens (tertiary/aromatic N) is 2. The minimum absolute atomic E-state index is 0.181. The average molecular weight is 534 g/mol. The van der Waals surface area contributed by atoms with Gasteiger partial charge in [0.05, 0.1) is 5.56 Å². The second-order valence-electron chi connectivity index (χ2n) is 10.2. The van der Waals surface area contributed by atoms with E-state index >= 15 is 0 Å². The Kier molecular flexibility index (Phi) is 9.33. The van der Waals surface area contributed by atoms with Crippen LogP contribution in [0.1, 0.15) is 64.3 Å². The molecule has 0 bridgehead atoms. The standard InChI is InChI=1S/C29H38F3N3O3/c1-20-21(2)27(38-18-14-33-13-4-17-36)12-11-25(20)26-6-3-5-24-19-34(15-16-35(24)26)28(37)22-7-9-23(10-8-22)29(30,31)32/h7-12,24,26,33,36H,3-6,13-19H2,1-2H3/t24-,26?/m0/s1. The highest BCUT2D eigenvalue weighted by Crippen LogP contribution is 2.39. The zero-order valence-electron chi connectivity index (χ0n) is 22.2. The number of amides is 1. The fourth-order valence-corrected chi connectivity index (χ4v) is 5.65. The number of hydrogen-bond donors (Lipinski definition) is 2. The monoisotopic (exact) mass is 533 g/mol. The van der Waals surface area contributed by atoms with Gasteiger partial charge >= 0.3 is 6.18 Å². The van der Waals surface area contributed by atoms with Crippen molar-refractivity contribution in [1.29, 1.82) is 0 Å². The molecule has 38 heavy (non-hydrogen) atoms. The number of piperidine rings is 1. The van der Waals surface area contributed by atoms with Gasteiger partial charge in [0.25, 0.3) is 5.91 Å². The lowest BCUT2D eigenvalue weighted by Gasteiger charge is -2.49. The summed E-state index contributed by atoms with van der Waals surface area (Å²) in [5.74, 6) is 0.675. The molecule has 2 heterocycles. The van der Waals surface area contributed by atoms with Gasteiger partial charge in [-0.05, 0) is 93.1 Å². The van der Waals surface area contributed by atoms with Crippen LogP contribution < -0.4 is 10.1 Å². The molecule has 9 heteroatoms. The highest BCUT2D eigenvalue weighted by atomic mass is 19.4. The van der Waals surface area contributed by atoms with Gasteiger partial charge in [-0.1, -0.05) is 6.07 Å². The van der Waals surface area contributed by atoms with Crippen LogP contribution in [0.3, 0.4) is 0 Å². The first-order chi connectivity index (χ1) is 18.2. The summed E-state index contributed by atoms with van der Waals surface area (Å²) in [6.45, 7) is 8.33. The van der Waals surface area contributed by atoms with Gasteiger partial charge in [0, 0.05) is 50.4 Å². The Morgan fingerprint density at radius 3 is 2.53 bits per heavy atom. The summed E-state index contributed by atoms with van der Waals surface area (Å²) in [6.07, 6.45) is -0.575. The van der Waals surface area contributed by atoms with Gasteiger partial charge in [0.15, 0.2) is 0 Å². The SMILES string of the molecule is Cc1c(OCCNCCCO)ccc(C2CCC[C@H]3CN(C(=O)c4ccc(C(F)(F)F)cc4)CCN23)c1C. The molecule has 1 unspecified atom stereocenters. The largest absolute Gasteiger partial charge is 0.492 e. The van der Waals surface area contributed by atoms with E-state index in [9.17, 15) is 18.0 Å². The third-order valence-electron chi connectivity index (χ3n) is 7.88. The first-order valence-electron chi connectivity index (χ1n) is 13.5. The Morgan fingerprint density at radius 1 is 1.05 bits per heavy atom. The summed E-state index contributed by atoms with van der Waals surface area (Å²) >= 11 is 0. The van der Waals surface area contributed by atoms with Crippen molar-refractivity contribution in [2.24, 2.45) is 0 Å². The van der Waals surface area contributed by atoms with E-state index in [1.54, 1.807) is 4.90 Å². The number of aliphatic hydroxyl groups is 1. The highest BCUT2D eigenvalue weighted by Gasteiger charge is 2.38. The van der Waals surface area contributed by atoms with E-state index in [4.69, 9.17) is 9.84 Å². The lowest BCUT2D eigenvalue weighted by Crippen LogP contribution is -2.57. The number of alkyl halides is 3. The van der Waals surface area contributed by atoms with Gasteiger partial charge in [-0.3, -0.25) is 9.69 Å². The number of hydrogen-bond acceptors (Lipinski definition) is 5. The molecule has 6 nitrogen and oxygen atoms in total. The Balaban J connectivity index is 1.39. The van der Waals surface area contributed by atoms with Gasteiger partial charge in [0.1, 0.15) is 12.4 Å². The van der Waals surface area contributed by atoms with Crippen LogP contribution in [0.5, 0.6) is 5.75 Å². The van der Waals surface area contributed by atoms with E-state index in [1.165, 1.54) is 23.3 Å². The molecule has 0 spiro atoms. The van der Waals surface area contributed by atoms with Crippen molar-refractivity contribution < 1.29 is 27.8 Å². The molecule has 4 rings (SSSR count). The number of aliphatic hydroxyl groups excluding tert-OH is 1. The van der Waals surface area contributed by atoms with Crippen molar-refractivity contribution in [3.63, 3.8) is 0 Å². The Hall–Kier alpha value is -2.62. The van der Waals surface area contributed by atoms with Gasteiger partial charge in [-0.25, -0.2) is 0 Å². The molecule has 2 fully saturated rings. The molecule has 0 aliphatic carbocycles. The van der Waals surface area contributed by atoms with Gasteiger partial charge in [0.2, 0.25) is 0 Å². The number of ether oxygens (including phenoxy) is 1. The first kappa shape index (κ1) is 28.4. The van der Waals surface area contributed by atoms with Crippen molar-refractivity contribution >= 4 is 5.91 Å². The number of fused-ring (bicyclic) bond motifs is 1. The van der Waals surface area contributed by atoms with Crippen LogP contribution in [0.2, 0.25) is 0 Å². The number of piperazine rings is 1. The molecule has 2 saturated heterocycles. The van der Waals surface area contributed by atoms with E-state index < -0.39 is 11.7 Å². The van der Waals surface area contributed by atoms with Crippen LogP contribution in [0.15, 0.2) is 36.4 Å². The summed E-state index contributed by atoms with van der Waals surface area (Å²) in [5, 5.41) is 12.1. The minimum atomic E-state index is -4.41. The number of carbonyl (C=O) groups excluding carboxylic acids is 1. The molecule has 2 aliphatic heterocycles. The third-order valence-corrected chi connectivity index (χ3v) is 7.88. The van der Waals surface area contributed by atoms with Crippen molar-refractivity contribution in [3.8, 4) is 5.75 Å². The maximum atomic E-state index is 13.1. The van der Waals surface area contributed by atoms with Crippen molar-refractivity contribution in [2.75, 3.05) is 45.9 Å². The second-order valence-corrected chi connectivity index (χ2v) is 10.2. The number of nitrogens with one attached hydrogen (secondary N) is 1. The second kappa shape index (κ2) is 12.5. The van der Waals surface area contributed by atoms with Crippen LogP contribution in [0, 0.1) is 13.8 Å². The van der Waals surface area contributed by atoms with E-state index in [2.05, 4.69) is 36.2 Å². The quantitative estimate of drug-likeness (QED) is 0.457. The zero-order valence-corrected chi connectivity index (χ0v) is 22.2. The number of carbonyl (C=O) groups is 1. The predicted molar refractivity (Wildman–Crippen MR) is 140 cm³/mol. The molecule has 2 aliphatic rings. The lowest BCUT2D eigenvalue weighted by atomic mass is 9.86. The molecule has 2 N–H and O–H groups in total. The molecule has 1 amide bonds. The average Bonchev–Trinajstić information content (AvgIpc) is 2.91. The van der Waals surface area contributed by atoms with E-state index in [1.807, 2.05) is 0 Å². The molecule has 0 saturated carbocycles. The molecule has 2 aromatic rings. The van der Waals surface area contributed by atoms with Gasteiger partial charge in [-0.15, -0.1) is 0 Å². The molecule has 2 aromatic carbocycles. The van der Waals surface area contributed by atoms with Crippen molar-refractivity contribution in [1.82, 2.24) is 15.1 Å². The molecule has 0 aromatic heterocycles. The summed E-state index contributed by atoms with van der Waals surface area (Å²) in [6, 6.07) is 9.23. The van der Waals surface area contributed by atoms with Gasteiger partial charge < -0.3 is 20.1 Å². The fourth-order valence-electron chi connectivity index (χ4n) is 5.65. The normalized spacial score (nSPS) is 20.3. The number of halogens is 3. The summed E-state index contributed by atoms with van der Waals surface area (Å²) < 4.78 is 44.7. The van der Waals surface area contributed by atoms with Crippen LogP contribution in [0.25, 0.3) is 0 Å². The van der Waals surface area contributed by atoms with E-state index in [0.29, 0.717) is 25.3 Å². The van der Waals surface area contributed by atoms with Gasteiger partial charge in [-0.2, -0.15) is 13.2 Å². The Morgan fingerprint density at radius 2 is 1.82 bits per heavy atom. The predicted octanol–water partition coefficient (Wildman–Crippen LogP) is 4.72. The maximum absolute atomic E-state index is 13.1. The zero-order chi connectivity index (χ0) is 27.3. The maximum Gasteiger partial charge on any atom is 0.416 e. The molecular formula is C29H38F3N3O3. The number of rotatable bonds is 9. The van der Waals surface area contributed by atoms with Crippen molar-refractivity contribution in [2.45, 2.75) is 57.8 Å². The summed E-state index contributed by atoms with van der Waals surface area (Å²) in [4.78, 5) is 17.4. The highest BCUT2D eigenvalue weighted by molar-refractivity contribution is 5.94. The summed E-state index contributed by atoms with van der Waals surface area (Å²) in [7, 11) is 0. The van der Waals surface area contributed by atoms with Crippen LogP contribution in [-0.4, -0.2) is 72.8 Å². The molecule has 0 radical (unpaired) electrons. The van der Waals surface area contributed by atoms with E-state index in [0.717, 1.165) is 68.8 Å². The lowest BCUT2D eigenvalue weighted by molar-refractivity contribution is -0.137.